The maximum absolute atomic E-state index is 12.2. The van der Waals surface area contributed by atoms with Gasteiger partial charge in [-0.15, -0.1) is 0 Å². The zero-order chi connectivity index (χ0) is 14.8. The summed E-state index contributed by atoms with van der Waals surface area (Å²) in [6, 6.07) is 8.93. The van der Waals surface area contributed by atoms with Gasteiger partial charge in [0.05, 0.1) is 4.90 Å². The molecule has 1 unspecified atom stereocenters. The van der Waals surface area contributed by atoms with E-state index < -0.39 is 16.1 Å². The Morgan fingerprint density at radius 1 is 1.20 bits per heavy atom. The van der Waals surface area contributed by atoms with E-state index >= 15 is 0 Å². The van der Waals surface area contributed by atoms with E-state index in [0.29, 0.717) is 10.6 Å². The molecule has 0 bridgehead atoms. The molecule has 1 heterocycles. The lowest BCUT2D eigenvalue weighted by atomic mass is 10.1. The largest absolute Gasteiger partial charge is 0.328 e. The number of H-pyrrole nitrogens is 1. The summed E-state index contributed by atoms with van der Waals surface area (Å²) in [5, 5.41) is 0.490. The second-order valence-electron chi connectivity index (χ2n) is 4.25. The summed E-state index contributed by atoms with van der Waals surface area (Å²) in [5.74, 6) is 0. The van der Waals surface area contributed by atoms with E-state index in [2.05, 4.69) is 9.71 Å². The highest BCUT2D eigenvalue weighted by molar-refractivity contribution is 7.89. The second kappa shape index (κ2) is 5.78. The zero-order valence-corrected chi connectivity index (χ0v) is 12.2. The molecule has 2 rings (SSSR count). The summed E-state index contributed by atoms with van der Waals surface area (Å²) in [6.07, 6.45) is 1.16. The van der Waals surface area contributed by atoms with Crippen molar-refractivity contribution in [2.45, 2.75) is 17.9 Å². The van der Waals surface area contributed by atoms with Crippen molar-refractivity contribution in [2.75, 3.05) is 0 Å². The van der Waals surface area contributed by atoms with Gasteiger partial charge >= 0.3 is 0 Å². The number of aromatic amines is 1. The summed E-state index contributed by atoms with van der Waals surface area (Å²) in [6.45, 7) is 1.70. The molecule has 0 radical (unpaired) electrons. The molecule has 0 aliphatic rings. The smallest absolute Gasteiger partial charge is 0.247 e. The van der Waals surface area contributed by atoms with Crippen molar-refractivity contribution in [3.05, 3.63) is 63.5 Å². The number of rotatable bonds is 4. The molecule has 1 atom stereocenters. The number of benzene rings is 1. The van der Waals surface area contributed by atoms with Gasteiger partial charge in [-0.2, -0.15) is 0 Å². The van der Waals surface area contributed by atoms with E-state index in [0.717, 1.165) is 12.3 Å². The van der Waals surface area contributed by atoms with Crippen LogP contribution in [0.2, 0.25) is 5.02 Å². The molecule has 7 heteroatoms. The van der Waals surface area contributed by atoms with Crippen LogP contribution in [0.25, 0.3) is 0 Å². The Hall–Kier alpha value is -1.63. The van der Waals surface area contributed by atoms with Crippen molar-refractivity contribution in [2.24, 2.45) is 0 Å². The Morgan fingerprint density at radius 2 is 1.90 bits per heavy atom. The molecular weight excluding hydrogens is 300 g/mol. The molecule has 0 aliphatic carbocycles. The average Bonchev–Trinajstić information content (AvgIpc) is 2.39. The van der Waals surface area contributed by atoms with Crippen LogP contribution < -0.4 is 10.3 Å². The molecule has 20 heavy (non-hydrogen) atoms. The monoisotopic (exact) mass is 312 g/mol. The van der Waals surface area contributed by atoms with Crippen LogP contribution in [0, 0.1) is 0 Å². The van der Waals surface area contributed by atoms with Gasteiger partial charge in [0.1, 0.15) is 0 Å². The second-order valence-corrected chi connectivity index (χ2v) is 6.37. The Labute approximate surface area is 121 Å². The predicted octanol–water partition coefficient (Wildman–Crippen LogP) is 2.07. The first-order valence-corrected chi connectivity index (χ1v) is 7.72. The summed E-state index contributed by atoms with van der Waals surface area (Å²) in [5.41, 5.74) is 0.324. The fourth-order valence-corrected chi connectivity index (χ4v) is 3.24. The standard InChI is InChI=1S/C13H13ClN2O3S/c1-9(11-4-2-3-5-12(11)14)16-20(18,19)10-6-7-13(17)15-8-10/h2-9,16H,1H3,(H,15,17). The van der Waals surface area contributed by atoms with E-state index in [1.165, 1.54) is 6.07 Å². The van der Waals surface area contributed by atoms with Crippen LogP contribution in [0.4, 0.5) is 0 Å². The first-order chi connectivity index (χ1) is 9.40. The van der Waals surface area contributed by atoms with Crippen molar-refractivity contribution in [3.63, 3.8) is 0 Å². The van der Waals surface area contributed by atoms with Crippen LogP contribution >= 0.6 is 11.6 Å². The lowest BCUT2D eigenvalue weighted by Gasteiger charge is -2.15. The molecule has 0 spiro atoms. The van der Waals surface area contributed by atoms with Crippen LogP contribution in [-0.4, -0.2) is 13.4 Å². The minimum absolute atomic E-state index is 0.00370. The molecule has 106 valence electrons. The fraction of sp³-hybridized carbons (Fsp3) is 0.154. The number of halogens is 1. The van der Waals surface area contributed by atoms with Gasteiger partial charge in [0.15, 0.2) is 0 Å². The molecule has 0 saturated carbocycles. The number of pyridine rings is 1. The topological polar surface area (TPSA) is 79.0 Å². The molecule has 0 saturated heterocycles. The van der Waals surface area contributed by atoms with Gasteiger partial charge in [-0.25, -0.2) is 13.1 Å². The van der Waals surface area contributed by atoms with Crippen molar-refractivity contribution in [1.29, 1.82) is 0 Å². The van der Waals surface area contributed by atoms with Gasteiger partial charge in [-0.1, -0.05) is 29.8 Å². The van der Waals surface area contributed by atoms with Gasteiger partial charge in [0.2, 0.25) is 15.6 Å². The van der Waals surface area contributed by atoms with Crippen molar-refractivity contribution < 1.29 is 8.42 Å². The number of hydrogen-bond donors (Lipinski definition) is 2. The minimum atomic E-state index is -3.72. The normalized spacial score (nSPS) is 13.1. The summed E-state index contributed by atoms with van der Waals surface area (Å²) in [4.78, 5) is 13.3. The van der Waals surface area contributed by atoms with Crippen molar-refractivity contribution in [3.8, 4) is 0 Å². The van der Waals surface area contributed by atoms with Crippen molar-refractivity contribution in [1.82, 2.24) is 9.71 Å². The molecule has 0 aliphatic heterocycles. The number of aromatic nitrogens is 1. The lowest BCUT2D eigenvalue weighted by molar-refractivity contribution is 0.566. The molecule has 2 aromatic rings. The van der Waals surface area contributed by atoms with Crippen LogP contribution in [0.15, 0.2) is 52.3 Å². The van der Waals surface area contributed by atoms with Crippen LogP contribution in [0.3, 0.4) is 0 Å². The summed E-state index contributed by atoms with van der Waals surface area (Å²) < 4.78 is 26.8. The maximum Gasteiger partial charge on any atom is 0.247 e. The Kier molecular flexibility index (Phi) is 4.27. The van der Waals surface area contributed by atoms with E-state index in [1.54, 1.807) is 31.2 Å². The summed E-state index contributed by atoms with van der Waals surface area (Å²) >= 11 is 6.03. The molecule has 1 aromatic carbocycles. The molecule has 1 aromatic heterocycles. The molecule has 5 nitrogen and oxygen atoms in total. The number of hydrogen-bond acceptors (Lipinski definition) is 3. The van der Waals surface area contributed by atoms with E-state index in [4.69, 9.17) is 11.6 Å². The van der Waals surface area contributed by atoms with E-state index in [9.17, 15) is 13.2 Å². The lowest BCUT2D eigenvalue weighted by Crippen LogP contribution is -2.27. The molecule has 0 amide bonds. The highest BCUT2D eigenvalue weighted by Crippen LogP contribution is 2.23. The van der Waals surface area contributed by atoms with E-state index in [-0.39, 0.29) is 10.5 Å². The van der Waals surface area contributed by atoms with E-state index in [1.807, 2.05) is 0 Å². The highest BCUT2D eigenvalue weighted by Gasteiger charge is 2.19. The quantitative estimate of drug-likeness (QED) is 0.907. The number of sulfonamides is 1. The first-order valence-electron chi connectivity index (χ1n) is 5.85. The summed E-state index contributed by atoms with van der Waals surface area (Å²) in [7, 11) is -3.72. The maximum atomic E-state index is 12.2. The fourth-order valence-electron chi connectivity index (χ4n) is 1.75. The number of nitrogens with one attached hydrogen (secondary N) is 2. The molecule has 0 fully saturated rings. The SMILES string of the molecule is CC(NS(=O)(=O)c1ccc(=O)[nH]c1)c1ccccc1Cl. The highest BCUT2D eigenvalue weighted by atomic mass is 35.5. The van der Waals surface area contributed by atoms with Crippen molar-refractivity contribution >= 4 is 21.6 Å². The third-order valence-corrected chi connectivity index (χ3v) is 4.65. The van der Waals surface area contributed by atoms with Crippen LogP contribution in [-0.2, 0) is 10.0 Å². The van der Waals surface area contributed by atoms with Gasteiger partial charge < -0.3 is 4.98 Å². The van der Waals surface area contributed by atoms with Crippen LogP contribution in [0.1, 0.15) is 18.5 Å². The Bertz CT molecular complexity index is 751. The minimum Gasteiger partial charge on any atom is -0.328 e. The van der Waals surface area contributed by atoms with Gasteiger partial charge in [-0.05, 0) is 24.6 Å². The predicted molar refractivity (Wildman–Crippen MR) is 77.3 cm³/mol. The Balaban J connectivity index is 2.27. The van der Waals surface area contributed by atoms with Crippen LogP contribution in [0.5, 0.6) is 0 Å². The van der Waals surface area contributed by atoms with Gasteiger partial charge in [0.25, 0.3) is 0 Å². The third kappa shape index (κ3) is 3.27. The Morgan fingerprint density at radius 3 is 2.50 bits per heavy atom. The van der Waals surface area contributed by atoms with Gasteiger partial charge in [-0.3, -0.25) is 4.79 Å². The third-order valence-electron chi connectivity index (χ3n) is 2.77. The first kappa shape index (κ1) is 14.8. The van der Waals surface area contributed by atoms with Gasteiger partial charge in [0, 0.05) is 23.3 Å². The molecule has 2 N–H and O–H groups in total. The zero-order valence-electron chi connectivity index (χ0n) is 10.6. The molecular formula is C13H13ClN2O3S. The average molecular weight is 313 g/mol.